The first-order chi connectivity index (χ1) is 12.9. The molecule has 0 spiro atoms. The highest BCUT2D eigenvalue weighted by atomic mass is 16.6. The quantitative estimate of drug-likeness (QED) is 0.507. The highest BCUT2D eigenvalue weighted by Crippen LogP contribution is 2.13. The van der Waals surface area contributed by atoms with E-state index in [4.69, 9.17) is 0 Å². The molecule has 1 atom stereocenters. The molecule has 9 nitrogen and oxygen atoms in total. The number of nitro benzene ring substituents is 1. The second kappa shape index (κ2) is 7.65. The van der Waals surface area contributed by atoms with E-state index >= 15 is 0 Å². The fourth-order valence-corrected chi connectivity index (χ4v) is 2.51. The molecule has 2 amide bonds. The van der Waals surface area contributed by atoms with Gasteiger partial charge in [-0.2, -0.15) is 0 Å². The highest BCUT2D eigenvalue weighted by molar-refractivity contribution is 5.97. The second-order valence-electron chi connectivity index (χ2n) is 5.92. The van der Waals surface area contributed by atoms with Crippen molar-refractivity contribution in [2.45, 2.75) is 19.5 Å². The zero-order chi connectivity index (χ0) is 19.4. The molecule has 0 aliphatic heterocycles. The summed E-state index contributed by atoms with van der Waals surface area (Å²) in [6.07, 6.45) is 3.66. The molecule has 0 saturated carbocycles. The third-order valence-corrected chi connectivity index (χ3v) is 3.92. The molecular weight excluding hydrogens is 350 g/mol. The summed E-state index contributed by atoms with van der Waals surface area (Å²) in [7, 11) is 0. The van der Waals surface area contributed by atoms with Crippen LogP contribution in [0.3, 0.4) is 0 Å². The van der Waals surface area contributed by atoms with Crippen LogP contribution in [0.5, 0.6) is 0 Å². The monoisotopic (exact) mass is 367 g/mol. The number of nitro groups is 1. The number of carbonyl (C=O) groups is 2. The molecule has 0 bridgehead atoms. The molecule has 27 heavy (non-hydrogen) atoms. The Morgan fingerprint density at radius 1 is 1.26 bits per heavy atom. The van der Waals surface area contributed by atoms with Crippen molar-refractivity contribution >= 4 is 23.1 Å². The molecule has 0 fully saturated rings. The molecule has 2 N–H and O–H groups in total. The van der Waals surface area contributed by atoms with E-state index in [-0.39, 0.29) is 23.7 Å². The van der Waals surface area contributed by atoms with E-state index in [2.05, 4.69) is 15.6 Å². The first-order valence-corrected chi connectivity index (χ1v) is 8.19. The minimum absolute atomic E-state index is 0.115. The van der Waals surface area contributed by atoms with Gasteiger partial charge >= 0.3 is 0 Å². The molecule has 138 valence electrons. The van der Waals surface area contributed by atoms with Crippen molar-refractivity contribution in [3.63, 3.8) is 0 Å². The Hall–Kier alpha value is -3.75. The molecule has 0 saturated heterocycles. The molecule has 3 rings (SSSR count). The van der Waals surface area contributed by atoms with Crippen LogP contribution in [-0.4, -0.2) is 32.2 Å². The molecule has 2 aromatic heterocycles. The van der Waals surface area contributed by atoms with E-state index < -0.39 is 16.9 Å². The zero-order valence-corrected chi connectivity index (χ0v) is 14.5. The highest BCUT2D eigenvalue weighted by Gasteiger charge is 2.18. The van der Waals surface area contributed by atoms with Crippen LogP contribution in [0.4, 0.5) is 5.69 Å². The number of fused-ring (bicyclic) bond motifs is 1. The lowest BCUT2D eigenvalue weighted by Crippen LogP contribution is -2.44. The van der Waals surface area contributed by atoms with Crippen LogP contribution >= 0.6 is 0 Å². The Morgan fingerprint density at radius 2 is 2.07 bits per heavy atom. The number of hydrogen-bond donors (Lipinski definition) is 2. The number of benzene rings is 1. The lowest BCUT2D eigenvalue weighted by atomic mass is 10.1. The van der Waals surface area contributed by atoms with Gasteiger partial charge in [0.1, 0.15) is 11.7 Å². The molecule has 1 aromatic carbocycles. The van der Waals surface area contributed by atoms with Crippen LogP contribution in [-0.2, 0) is 11.3 Å². The van der Waals surface area contributed by atoms with Crippen molar-refractivity contribution in [1.82, 2.24) is 20.0 Å². The maximum absolute atomic E-state index is 12.2. The molecular formula is C18H17N5O4. The van der Waals surface area contributed by atoms with Gasteiger partial charge in [-0.25, -0.2) is 4.98 Å². The number of carbonyl (C=O) groups excluding carboxylic acids is 2. The summed E-state index contributed by atoms with van der Waals surface area (Å²) in [5.74, 6) is -0.945. The average Bonchev–Trinajstić information content (AvgIpc) is 3.09. The van der Waals surface area contributed by atoms with Crippen molar-refractivity contribution in [2.75, 3.05) is 0 Å². The van der Waals surface area contributed by atoms with Crippen LogP contribution in [0, 0.1) is 10.1 Å². The zero-order valence-electron chi connectivity index (χ0n) is 14.5. The minimum atomic E-state index is -0.811. The van der Waals surface area contributed by atoms with E-state index in [1.54, 1.807) is 0 Å². The predicted molar refractivity (Wildman–Crippen MR) is 97.1 cm³/mol. The van der Waals surface area contributed by atoms with Gasteiger partial charge in [0.05, 0.1) is 17.2 Å². The molecule has 9 heteroatoms. The van der Waals surface area contributed by atoms with Gasteiger partial charge in [-0.1, -0.05) is 12.1 Å². The Balaban J connectivity index is 1.57. The van der Waals surface area contributed by atoms with Gasteiger partial charge in [0.2, 0.25) is 5.91 Å². The lowest BCUT2D eigenvalue weighted by molar-refractivity contribution is -0.384. The van der Waals surface area contributed by atoms with Crippen molar-refractivity contribution in [2.24, 2.45) is 0 Å². The maximum atomic E-state index is 12.2. The molecule has 0 radical (unpaired) electrons. The van der Waals surface area contributed by atoms with Gasteiger partial charge in [-0.3, -0.25) is 19.7 Å². The standard InChI is InChI=1S/C18H17N5O4/c1-12(20-18(25)13-5-4-6-15(9-13)23(26)27)17(24)19-10-14-11-22-8-3-2-7-16(22)21-14/h2-9,11-12H,10H2,1H3,(H,19,24)(H,20,25)/t12-/m0/s1. The van der Waals surface area contributed by atoms with Gasteiger partial charge in [0.25, 0.3) is 11.6 Å². The third-order valence-electron chi connectivity index (χ3n) is 3.92. The number of non-ortho nitro benzene ring substituents is 1. The van der Waals surface area contributed by atoms with E-state index in [1.165, 1.54) is 25.1 Å². The Bertz CT molecular complexity index is 981. The number of hydrogen-bond acceptors (Lipinski definition) is 5. The number of pyridine rings is 1. The molecule has 3 aromatic rings. The number of imidazole rings is 1. The van der Waals surface area contributed by atoms with E-state index in [9.17, 15) is 19.7 Å². The topological polar surface area (TPSA) is 119 Å². The average molecular weight is 367 g/mol. The van der Waals surface area contributed by atoms with Gasteiger partial charge in [0, 0.05) is 30.1 Å². The van der Waals surface area contributed by atoms with Crippen molar-refractivity contribution in [3.05, 3.63) is 76.2 Å². The fourth-order valence-electron chi connectivity index (χ4n) is 2.51. The summed E-state index contributed by atoms with van der Waals surface area (Å²) >= 11 is 0. The van der Waals surface area contributed by atoms with E-state index in [0.29, 0.717) is 5.69 Å². The van der Waals surface area contributed by atoms with Gasteiger partial charge in [-0.05, 0) is 25.1 Å². The SMILES string of the molecule is C[C@H](NC(=O)c1cccc([N+](=O)[O-])c1)C(=O)NCc1cn2ccccc2n1. The van der Waals surface area contributed by atoms with Gasteiger partial charge in [-0.15, -0.1) is 0 Å². The smallest absolute Gasteiger partial charge is 0.270 e. The summed E-state index contributed by atoms with van der Waals surface area (Å²) in [5, 5.41) is 16.0. The fraction of sp³-hybridized carbons (Fsp3) is 0.167. The summed E-state index contributed by atoms with van der Waals surface area (Å²) in [6, 6.07) is 10.1. The van der Waals surface area contributed by atoms with Crippen molar-refractivity contribution in [3.8, 4) is 0 Å². The first-order valence-electron chi connectivity index (χ1n) is 8.19. The largest absolute Gasteiger partial charge is 0.349 e. The summed E-state index contributed by atoms with van der Waals surface area (Å²) < 4.78 is 1.84. The summed E-state index contributed by atoms with van der Waals surface area (Å²) in [4.78, 5) is 39.0. The minimum Gasteiger partial charge on any atom is -0.349 e. The lowest BCUT2D eigenvalue weighted by Gasteiger charge is -2.13. The molecule has 0 unspecified atom stereocenters. The van der Waals surface area contributed by atoms with Crippen LogP contribution in [0.25, 0.3) is 5.65 Å². The number of aromatic nitrogens is 2. The van der Waals surface area contributed by atoms with Crippen molar-refractivity contribution in [1.29, 1.82) is 0 Å². The van der Waals surface area contributed by atoms with Gasteiger partial charge < -0.3 is 15.0 Å². The maximum Gasteiger partial charge on any atom is 0.270 e. The molecule has 2 heterocycles. The number of nitrogens with one attached hydrogen (secondary N) is 2. The second-order valence-corrected chi connectivity index (χ2v) is 5.92. The molecule has 0 aliphatic rings. The first kappa shape index (κ1) is 18.1. The Morgan fingerprint density at radius 3 is 2.81 bits per heavy atom. The van der Waals surface area contributed by atoms with Gasteiger partial charge in [0.15, 0.2) is 0 Å². The summed E-state index contributed by atoms with van der Waals surface area (Å²) in [6.45, 7) is 1.76. The van der Waals surface area contributed by atoms with Crippen LogP contribution in [0.2, 0.25) is 0 Å². The molecule has 0 aliphatic carbocycles. The van der Waals surface area contributed by atoms with Crippen LogP contribution in [0.15, 0.2) is 54.9 Å². The van der Waals surface area contributed by atoms with Crippen LogP contribution < -0.4 is 10.6 Å². The summed E-state index contributed by atoms with van der Waals surface area (Å²) in [5.41, 5.74) is 1.39. The van der Waals surface area contributed by atoms with Crippen LogP contribution in [0.1, 0.15) is 23.0 Å². The van der Waals surface area contributed by atoms with E-state index in [1.807, 2.05) is 35.0 Å². The normalized spacial score (nSPS) is 11.7. The van der Waals surface area contributed by atoms with E-state index in [0.717, 1.165) is 11.7 Å². The number of nitrogens with zero attached hydrogens (tertiary/aromatic N) is 3. The number of amides is 2. The van der Waals surface area contributed by atoms with Crippen molar-refractivity contribution < 1.29 is 14.5 Å². The Kier molecular flexibility index (Phi) is 5.11. The Labute approximate surface area is 154 Å². The number of rotatable bonds is 6. The predicted octanol–water partition coefficient (Wildman–Crippen LogP) is 1.68. The third kappa shape index (κ3) is 4.27.